The Balaban J connectivity index is 0.000000115. The molecule has 0 atom stereocenters. The average Bonchev–Trinajstić information content (AvgIpc) is 3.02. The van der Waals surface area contributed by atoms with Crippen LogP contribution in [-0.4, -0.2) is 0 Å². The van der Waals surface area contributed by atoms with Crippen LogP contribution in [0.3, 0.4) is 0 Å². The molecule has 102 valence electrons. The monoisotopic (exact) mass is 275 g/mol. The van der Waals surface area contributed by atoms with E-state index >= 15 is 0 Å². The zero-order chi connectivity index (χ0) is 14.1. The predicted octanol–water partition coefficient (Wildman–Crippen LogP) is 4.67. The molecule has 3 nitrogen and oxygen atoms in total. The van der Waals surface area contributed by atoms with Crippen LogP contribution in [0.1, 0.15) is 0 Å². The van der Waals surface area contributed by atoms with Crippen molar-refractivity contribution in [2.24, 2.45) is 0 Å². The minimum Gasteiger partial charge on any atom is -0.312 e. The van der Waals surface area contributed by atoms with Crippen molar-refractivity contribution < 1.29 is 9.88 Å². The molecule has 1 heterocycles. The maximum absolute atomic E-state index is 4.69. The number of hydrogen-bond acceptors (Lipinski definition) is 3. The number of para-hydroxylation sites is 2. The minimum absolute atomic E-state index is 0.734. The van der Waals surface area contributed by atoms with Gasteiger partial charge >= 0.3 is 0 Å². The molecule has 3 heteroatoms. The predicted molar refractivity (Wildman–Crippen MR) is 82.6 cm³/mol. The molecule has 1 aliphatic carbocycles. The summed E-state index contributed by atoms with van der Waals surface area (Å²) in [5.41, 5.74) is 9.04. The van der Waals surface area contributed by atoms with Gasteiger partial charge in [0.25, 0.3) is 0 Å². The molecule has 0 spiro atoms. The molecule has 0 amide bonds. The smallest absolute Gasteiger partial charge is 0.193 e. The molecule has 1 N–H and O–H groups in total. The van der Waals surface area contributed by atoms with Crippen LogP contribution in [-0.2, 0) is 4.99 Å². The molecule has 0 bridgehead atoms. The van der Waals surface area contributed by atoms with Gasteiger partial charge in [-0.1, -0.05) is 65.7 Å². The molecule has 3 aromatic carbocycles. The third kappa shape index (κ3) is 2.04. The molecule has 0 saturated heterocycles. The molecule has 0 radical (unpaired) electrons. The Morgan fingerprint density at radius 2 is 1.05 bits per heavy atom. The van der Waals surface area contributed by atoms with E-state index in [0.717, 1.165) is 11.4 Å². The average molecular weight is 275 g/mol. The summed E-state index contributed by atoms with van der Waals surface area (Å²) in [6.07, 6.45) is 0. The van der Waals surface area contributed by atoms with E-state index in [-0.39, 0.29) is 0 Å². The van der Waals surface area contributed by atoms with Gasteiger partial charge in [-0.25, -0.2) is 5.48 Å². The van der Waals surface area contributed by atoms with Crippen LogP contribution in [0.5, 0.6) is 5.75 Å². The third-order valence-electron chi connectivity index (χ3n) is 3.60. The second kappa shape index (κ2) is 4.96. The topological polar surface area (TPSA) is 30.5 Å². The van der Waals surface area contributed by atoms with Crippen LogP contribution in [0.25, 0.3) is 22.3 Å². The zero-order valence-corrected chi connectivity index (χ0v) is 11.2. The Morgan fingerprint density at radius 3 is 1.57 bits per heavy atom. The standard InChI is InChI=1S/C12H8.C6H5NO2/c1-2-6-10-9(5-1)11-7-3-4-8-12(10)11;1-2-4-6-5(3-1)7-9-8-6/h1-8H;1-4,7H. The maximum Gasteiger partial charge on any atom is 0.193 e. The summed E-state index contributed by atoms with van der Waals surface area (Å²) in [6, 6.07) is 24.6. The summed E-state index contributed by atoms with van der Waals surface area (Å²) in [6.45, 7) is 0. The summed E-state index contributed by atoms with van der Waals surface area (Å²) in [5.74, 6) is 0.734. The van der Waals surface area contributed by atoms with Crippen LogP contribution >= 0.6 is 0 Å². The second-order valence-electron chi connectivity index (χ2n) is 4.86. The summed E-state index contributed by atoms with van der Waals surface area (Å²) in [5, 5.41) is 0. The van der Waals surface area contributed by atoms with Crippen molar-refractivity contribution in [3.8, 4) is 28.0 Å². The number of nitrogens with one attached hydrogen (secondary N) is 1. The second-order valence-corrected chi connectivity index (χ2v) is 4.86. The van der Waals surface area contributed by atoms with Gasteiger partial charge < -0.3 is 4.89 Å². The van der Waals surface area contributed by atoms with Gasteiger partial charge in [0, 0.05) is 0 Å². The summed E-state index contributed by atoms with van der Waals surface area (Å²) < 4.78 is 0. The summed E-state index contributed by atoms with van der Waals surface area (Å²) >= 11 is 0. The molecule has 3 aromatic rings. The molecule has 1 aliphatic heterocycles. The van der Waals surface area contributed by atoms with Crippen molar-refractivity contribution in [1.82, 2.24) is 0 Å². The Bertz CT molecular complexity index is 675. The SMILES string of the molecule is c1ccc2c(c1)-c1ccccc1-2.c1ccc2c(c1)NOO2. The van der Waals surface area contributed by atoms with Crippen molar-refractivity contribution >= 4 is 5.69 Å². The molecular weight excluding hydrogens is 262 g/mol. The molecule has 0 saturated carbocycles. The Hall–Kier alpha value is -2.78. The summed E-state index contributed by atoms with van der Waals surface area (Å²) in [4.78, 5) is 9.15. The third-order valence-corrected chi connectivity index (χ3v) is 3.60. The summed E-state index contributed by atoms with van der Waals surface area (Å²) in [7, 11) is 0. The highest BCUT2D eigenvalue weighted by Crippen LogP contribution is 2.46. The number of fused-ring (bicyclic) bond motifs is 5. The van der Waals surface area contributed by atoms with Gasteiger partial charge in [-0.05, 0) is 34.4 Å². The lowest BCUT2D eigenvalue weighted by Crippen LogP contribution is -1.96. The largest absolute Gasteiger partial charge is 0.312 e. The molecule has 0 aromatic heterocycles. The first-order valence-corrected chi connectivity index (χ1v) is 6.81. The Labute approximate surface area is 122 Å². The zero-order valence-electron chi connectivity index (χ0n) is 11.2. The minimum atomic E-state index is 0.734. The van der Waals surface area contributed by atoms with E-state index in [1.165, 1.54) is 22.3 Å². The molecule has 0 fully saturated rings. The van der Waals surface area contributed by atoms with Gasteiger partial charge in [0.05, 0.1) is 0 Å². The first-order chi connectivity index (χ1) is 10.4. The molecular formula is C18H13NO2. The normalized spacial score (nSPS) is 12.4. The Morgan fingerprint density at radius 1 is 0.571 bits per heavy atom. The quantitative estimate of drug-likeness (QED) is 0.473. The van der Waals surface area contributed by atoms with Crippen LogP contribution in [0.2, 0.25) is 0 Å². The van der Waals surface area contributed by atoms with Crippen LogP contribution in [0.15, 0.2) is 72.8 Å². The highest BCUT2D eigenvalue weighted by molar-refractivity contribution is 6.02. The fourth-order valence-electron chi connectivity index (χ4n) is 2.58. The van der Waals surface area contributed by atoms with Crippen LogP contribution < -0.4 is 10.4 Å². The lowest BCUT2D eigenvalue weighted by molar-refractivity contribution is -0.160. The number of anilines is 1. The van der Waals surface area contributed by atoms with Crippen LogP contribution in [0, 0.1) is 0 Å². The first kappa shape index (κ1) is 12.0. The molecule has 0 unspecified atom stereocenters. The van der Waals surface area contributed by atoms with Crippen molar-refractivity contribution in [3.63, 3.8) is 0 Å². The van der Waals surface area contributed by atoms with Crippen molar-refractivity contribution in [3.05, 3.63) is 72.8 Å². The van der Waals surface area contributed by atoms with Gasteiger partial charge in [0.15, 0.2) is 5.75 Å². The fourth-order valence-corrected chi connectivity index (χ4v) is 2.58. The van der Waals surface area contributed by atoms with Gasteiger partial charge in [-0.3, -0.25) is 0 Å². The molecule has 5 rings (SSSR count). The number of benzene rings is 3. The van der Waals surface area contributed by atoms with E-state index in [9.17, 15) is 0 Å². The molecule has 2 aliphatic rings. The maximum atomic E-state index is 4.69. The van der Waals surface area contributed by atoms with Gasteiger partial charge in [0.2, 0.25) is 0 Å². The van der Waals surface area contributed by atoms with Crippen molar-refractivity contribution in [1.29, 1.82) is 0 Å². The highest BCUT2D eigenvalue weighted by Gasteiger charge is 2.19. The van der Waals surface area contributed by atoms with E-state index < -0.39 is 0 Å². The van der Waals surface area contributed by atoms with Crippen molar-refractivity contribution in [2.75, 3.05) is 5.48 Å². The number of rotatable bonds is 0. The van der Waals surface area contributed by atoms with Gasteiger partial charge in [0.1, 0.15) is 5.69 Å². The van der Waals surface area contributed by atoms with Gasteiger partial charge in [-0.15, -0.1) is 0 Å². The lowest BCUT2D eigenvalue weighted by Gasteiger charge is -2.22. The van der Waals surface area contributed by atoms with E-state index in [0.29, 0.717) is 0 Å². The first-order valence-electron chi connectivity index (χ1n) is 6.81. The van der Waals surface area contributed by atoms with E-state index in [1.807, 2.05) is 24.3 Å². The lowest BCUT2D eigenvalue weighted by atomic mass is 9.81. The van der Waals surface area contributed by atoms with Crippen LogP contribution in [0.4, 0.5) is 5.69 Å². The van der Waals surface area contributed by atoms with E-state index in [2.05, 4.69) is 63.9 Å². The number of hydrogen-bond donors (Lipinski definition) is 1. The highest BCUT2D eigenvalue weighted by atomic mass is 17.3. The fraction of sp³-hybridized carbons (Fsp3) is 0. The van der Waals surface area contributed by atoms with Crippen molar-refractivity contribution in [2.45, 2.75) is 0 Å². The molecule has 21 heavy (non-hydrogen) atoms. The van der Waals surface area contributed by atoms with Gasteiger partial charge in [-0.2, -0.15) is 0 Å². The van der Waals surface area contributed by atoms with E-state index in [1.54, 1.807) is 0 Å². The Kier molecular flexibility index (Phi) is 2.83. The van der Waals surface area contributed by atoms with E-state index in [4.69, 9.17) is 0 Å².